The third-order valence-corrected chi connectivity index (χ3v) is 6.84. The van der Waals surface area contributed by atoms with Gasteiger partial charge in [0.05, 0.1) is 10.6 Å². The summed E-state index contributed by atoms with van der Waals surface area (Å²) in [7, 11) is 0. The van der Waals surface area contributed by atoms with Crippen LogP contribution in [-0.4, -0.2) is 23.3 Å². The van der Waals surface area contributed by atoms with E-state index in [4.69, 9.17) is 17.0 Å². The number of amides is 1. The van der Waals surface area contributed by atoms with Gasteiger partial charge in [-0.1, -0.05) is 66.4 Å². The van der Waals surface area contributed by atoms with Crippen molar-refractivity contribution in [2.45, 2.75) is 20.5 Å². The summed E-state index contributed by atoms with van der Waals surface area (Å²) in [6.45, 7) is 6.36. The number of para-hydroxylation sites is 1. The lowest BCUT2D eigenvalue weighted by atomic mass is 10.1. The summed E-state index contributed by atoms with van der Waals surface area (Å²) in [4.78, 5) is 17.1. The van der Waals surface area contributed by atoms with Gasteiger partial charge in [-0.05, 0) is 49.8 Å². The Morgan fingerprint density at radius 3 is 2.44 bits per heavy atom. The highest BCUT2D eigenvalue weighted by Gasteiger charge is 2.34. The van der Waals surface area contributed by atoms with E-state index in [0.717, 1.165) is 41.7 Å². The molecule has 3 aromatic carbocycles. The van der Waals surface area contributed by atoms with Gasteiger partial charge in [0.15, 0.2) is 4.32 Å². The van der Waals surface area contributed by atoms with E-state index in [1.807, 2.05) is 48.5 Å². The summed E-state index contributed by atoms with van der Waals surface area (Å²) in [6.07, 6.45) is 1.77. The molecule has 0 unspecified atom stereocenters. The molecule has 3 aromatic rings. The standard InChI is InChI=1S/C27H25FN2O2S2/c1-3-29(4-2)21-15-14-20(24(17-21)32-18-19-10-6-5-7-11-19)16-25-26(31)30(27(33)34-25)23-13-9-8-12-22(23)28/h5-17H,3-4,18H2,1-2H3/b25-16-. The third kappa shape index (κ3) is 5.16. The largest absolute Gasteiger partial charge is 0.488 e. The summed E-state index contributed by atoms with van der Waals surface area (Å²) >= 11 is 6.57. The van der Waals surface area contributed by atoms with Crippen LogP contribution in [0.1, 0.15) is 25.0 Å². The van der Waals surface area contributed by atoms with Crippen LogP contribution in [0.4, 0.5) is 15.8 Å². The molecule has 0 bridgehead atoms. The number of halogens is 1. The highest BCUT2D eigenvalue weighted by molar-refractivity contribution is 8.27. The lowest BCUT2D eigenvalue weighted by Gasteiger charge is -2.22. The van der Waals surface area contributed by atoms with Gasteiger partial charge in [0.25, 0.3) is 5.91 Å². The smallest absolute Gasteiger partial charge is 0.270 e. The maximum absolute atomic E-state index is 14.3. The van der Waals surface area contributed by atoms with Crippen molar-refractivity contribution in [3.05, 3.63) is 94.6 Å². The Morgan fingerprint density at radius 2 is 1.74 bits per heavy atom. The molecule has 1 saturated heterocycles. The van der Waals surface area contributed by atoms with Crippen molar-refractivity contribution >= 4 is 51.7 Å². The first-order chi connectivity index (χ1) is 16.5. The van der Waals surface area contributed by atoms with Crippen LogP contribution >= 0.6 is 24.0 Å². The highest BCUT2D eigenvalue weighted by Crippen LogP contribution is 2.38. The van der Waals surface area contributed by atoms with Crippen LogP contribution in [0.3, 0.4) is 0 Å². The first kappa shape index (κ1) is 24.0. The van der Waals surface area contributed by atoms with Crippen molar-refractivity contribution < 1.29 is 13.9 Å². The van der Waals surface area contributed by atoms with Crippen LogP contribution < -0.4 is 14.5 Å². The van der Waals surface area contributed by atoms with Crippen molar-refractivity contribution in [2.75, 3.05) is 22.9 Å². The number of nitrogens with zero attached hydrogens (tertiary/aromatic N) is 2. The maximum atomic E-state index is 14.3. The number of carbonyl (C=O) groups excluding carboxylic acids is 1. The molecule has 1 amide bonds. The van der Waals surface area contributed by atoms with Crippen molar-refractivity contribution in [3.8, 4) is 5.75 Å². The molecule has 1 aliphatic heterocycles. The van der Waals surface area contributed by atoms with Crippen molar-refractivity contribution in [1.82, 2.24) is 0 Å². The number of anilines is 2. The molecular formula is C27H25FN2O2S2. The number of hydrogen-bond donors (Lipinski definition) is 0. The molecule has 4 nitrogen and oxygen atoms in total. The summed E-state index contributed by atoms with van der Waals surface area (Å²) in [5, 5.41) is 0. The molecule has 0 radical (unpaired) electrons. The van der Waals surface area contributed by atoms with Crippen molar-refractivity contribution in [2.24, 2.45) is 0 Å². The van der Waals surface area contributed by atoms with E-state index < -0.39 is 5.82 Å². The highest BCUT2D eigenvalue weighted by atomic mass is 32.2. The van der Waals surface area contributed by atoms with Gasteiger partial charge in [0.2, 0.25) is 0 Å². The number of benzene rings is 3. The van der Waals surface area contributed by atoms with Crippen LogP contribution in [0.15, 0.2) is 77.7 Å². The van der Waals surface area contributed by atoms with Crippen LogP contribution in [0.25, 0.3) is 6.08 Å². The zero-order valence-electron chi connectivity index (χ0n) is 19.0. The normalized spacial score (nSPS) is 14.7. The molecule has 7 heteroatoms. The minimum Gasteiger partial charge on any atom is -0.488 e. The second-order valence-corrected chi connectivity index (χ2v) is 9.31. The van der Waals surface area contributed by atoms with Gasteiger partial charge in [-0.2, -0.15) is 0 Å². The van der Waals surface area contributed by atoms with E-state index in [-0.39, 0.29) is 11.6 Å². The fraction of sp³-hybridized carbons (Fsp3) is 0.185. The minimum atomic E-state index is -0.490. The van der Waals surface area contributed by atoms with Gasteiger partial charge in [-0.25, -0.2) is 4.39 Å². The molecule has 34 heavy (non-hydrogen) atoms. The van der Waals surface area contributed by atoms with Crippen LogP contribution in [0.5, 0.6) is 5.75 Å². The average Bonchev–Trinajstić information content (AvgIpc) is 3.13. The van der Waals surface area contributed by atoms with Gasteiger partial charge in [0.1, 0.15) is 18.2 Å². The molecule has 174 valence electrons. The Balaban J connectivity index is 1.67. The third-order valence-electron chi connectivity index (χ3n) is 5.54. The van der Waals surface area contributed by atoms with E-state index in [1.54, 1.807) is 24.3 Å². The molecule has 0 aromatic heterocycles. The molecule has 0 saturated carbocycles. The number of rotatable bonds is 8. The predicted molar refractivity (Wildman–Crippen MR) is 143 cm³/mol. The quantitative estimate of drug-likeness (QED) is 0.259. The van der Waals surface area contributed by atoms with Gasteiger partial charge in [0, 0.05) is 30.4 Å². The van der Waals surface area contributed by atoms with Crippen LogP contribution in [0.2, 0.25) is 0 Å². The lowest BCUT2D eigenvalue weighted by molar-refractivity contribution is -0.113. The van der Waals surface area contributed by atoms with E-state index >= 15 is 0 Å². The molecule has 1 heterocycles. The van der Waals surface area contributed by atoms with Crippen molar-refractivity contribution in [3.63, 3.8) is 0 Å². The fourth-order valence-corrected chi connectivity index (χ4v) is 5.01. The van der Waals surface area contributed by atoms with Gasteiger partial charge < -0.3 is 9.64 Å². The summed E-state index contributed by atoms with van der Waals surface area (Å²) in [6, 6.07) is 22.0. The topological polar surface area (TPSA) is 32.8 Å². The molecule has 1 fully saturated rings. The Hall–Kier alpha value is -3.16. The monoisotopic (exact) mass is 492 g/mol. The molecule has 0 N–H and O–H groups in total. The molecule has 0 spiro atoms. The van der Waals surface area contributed by atoms with E-state index in [1.165, 1.54) is 11.0 Å². The number of carbonyl (C=O) groups is 1. The Labute approximate surface area is 209 Å². The Kier molecular flexibility index (Phi) is 7.65. The molecule has 0 atom stereocenters. The number of ether oxygens (including phenoxy) is 1. The molecule has 0 aliphatic carbocycles. The number of thiocarbonyl (C=S) groups is 1. The Morgan fingerprint density at radius 1 is 1.03 bits per heavy atom. The number of thioether (sulfide) groups is 1. The maximum Gasteiger partial charge on any atom is 0.270 e. The zero-order chi connectivity index (χ0) is 24.1. The first-order valence-corrected chi connectivity index (χ1v) is 12.3. The van der Waals surface area contributed by atoms with Gasteiger partial charge in [-0.3, -0.25) is 9.69 Å². The average molecular weight is 493 g/mol. The molecule has 4 rings (SSSR count). The zero-order valence-corrected chi connectivity index (χ0v) is 20.7. The minimum absolute atomic E-state index is 0.158. The number of hydrogen-bond acceptors (Lipinski definition) is 5. The van der Waals surface area contributed by atoms with Crippen LogP contribution in [0, 0.1) is 5.82 Å². The SMILES string of the molecule is CCN(CC)c1ccc(/C=C2\SC(=S)N(c3ccccc3F)C2=O)c(OCc2ccccc2)c1. The molecular weight excluding hydrogens is 467 g/mol. The van der Waals surface area contributed by atoms with Crippen molar-refractivity contribution in [1.29, 1.82) is 0 Å². The van der Waals surface area contributed by atoms with Gasteiger partial charge >= 0.3 is 0 Å². The van der Waals surface area contributed by atoms with E-state index in [2.05, 4.69) is 18.7 Å². The fourth-order valence-electron chi connectivity index (χ4n) is 3.74. The van der Waals surface area contributed by atoms with Crippen LogP contribution in [-0.2, 0) is 11.4 Å². The summed E-state index contributed by atoms with van der Waals surface area (Å²) in [5.74, 6) is -0.165. The van der Waals surface area contributed by atoms with E-state index in [0.29, 0.717) is 21.6 Å². The van der Waals surface area contributed by atoms with E-state index in [9.17, 15) is 9.18 Å². The summed E-state index contributed by atoms with van der Waals surface area (Å²) < 4.78 is 20.9. The predicted octanol–water partition coefficient (Wildman–Crippen LogP) is 6.66. The summed E-state index contributed by atoms with van der Waals surface area (Å²) in [5.41, 5.74) is 3.02. The first-order valence-electron chi connectivity index (χ1n) is 11.1. The second kappa shape index (κ2) is 10.8. The lowest BCUT2D eigenvalue weighted by Crippen LogP contribution is -2.28. The Bertz CT molecular complexity index is 1230. The van der Waals surface area contributed by atoms with Gasteiger partial charge in [-0.15, -0.1) is 0 Å². The molecule has 1 aliphatic rings. The second-order valence-electron chi connectivity index (χ2n) is 7.64.